The van der Waals surface area contributed by atoms with Gasteiger partial charge in [0.25, 0.3) is 5.95 Å². The van der Waals surface area contributed by atoms with Gasteiger partial charge in [0.2, 0.25) is 0 Å². The predicted molar refractivity (Wildman–Crippen MR) is 160 cm³/mol. The van der Waals surface area contributed by atoms with E-state index in [0.717, 1.165) is 49.9 Å². The van der Waals surface area contributed by atoms with E-state index < -0.39 is 23.5 Å². The highest BCUT2D eigenvalue weighted by Crippen LogP contribution is 2.40. The van der Waals surface area contributed by atoms with Crippen molar-refractivity contribution in [3.8, 4) is 0 Å². The number of hydrogen-bond donors (Lipinski definition) is 1. The number of tetrazole rings is 1. The van der Waals surface area contributed by atoms with Crippen LogP contribution in [0.4, 0.5) is 29.3 Å². The van der Waals surface area contributed by atoms with Gasteiger partial charge in [-0.1, -0.05) is 16.7 Å². The minimum absolute atomic E-state index is 0.00113. The van der Waals surface area contributed by atoms with Crippen LogP contribution < -0.4 is 9.80 Å². The monoisotopic (exact) mass is 645 g/mol. The maximum absolute atomic E-state index is 14.3. The van der Waals surface area contributed by atoms with E-state index in [0.29, 0.717) is 35.1 Å². The molecule has 1 saturated heterocycles. The molecule has 1 saturated carbocycles. The molecule has 2 fully saturated rings. The molecule has 2 aliphatic rings. The molecule has 2 aromatic carbocycles. The van der Waals surface area contributed by atoms with Crippen LogP contribution in [-0.4, -0.2) is 48.9 Å². The molecule has 14 heteroatoms. The van der Waals surface area contributed by atoms with Gasteiger partial charge in [-0.15, -0.1) is 5.10 Å². The molecule has 9 nitrogen and oxygen atoms in total. The Morgan fingerprint density at radius 3 is 2.53 bits per heavy atom. The second-order valence-corrected chi connectivity index (χ2v) is 12.4. The molecule has 1 atom stereocenters. The summed E-state index contributed by atoms with van der Waals surface area (Å²) in [4.78, 5) is 21.8. The van der Waals surface area contributed by atoms with Gasteiger partial charge < -0.3 is 14.9 Å². The summed E-state index contributed by atoms with van der Waals surface area (Å²) in [6.45, 7) is 0.889. The highest BCUT2D eigenvalue weighted by atomic mass is 35.5. The molecule has 2 aromatic heterocycles. The van der Waals surface area contributed by atoms with Crippen LogP contribution in [0.3, 0.4) is 0 Å². The Morgan fingerprint density at radius 2 is 1.84 bits per heavy atom. The number of aliphatic carboxylic acids is 1. The van der Waals surface area contributed by atoms with Gasteiger partial charge in [-0.25, -0.2) is 9.37 Å². The molecule has 0 unspecified atom stereocenters. The maximum atomic E-state index is 14.3. The van der Waals surface area contributed by atoms with E-state index in [-0.39, 0.29) is 41.9 Å². The zero-order chi connectivity index (χ0) is 31.9. The number of benzene rings is 2. The molecule has 45 heavy (non-hydrogen) atoms. The lowest BCUT2D eigenvalue weighted by Crippen LogP contribution is -2.39. The van der Waals surface area contributed by atoms with Crippen LogP contribution in [0.5, 0.6) is 0 Å². The third-order valence-electron chi connectivity index (χ3n) is 8.87. The first kappa shape index (κ1) is 31.0. The zero-order valence-electron chi connectivity index (χ0n) is 24.5. The number of aromatic nitrogens is 5. The van der Waals surface area contributed by atoms with Crippen molar-refractivity contribution >= 4 is 40.2 Å². The Hall–Kier alpha value is -4.00. The van der Waals surface area contributed by atoms with Gasteiger partial charge in [-0.05, 0) is 91.6 Å². The second-order valence-electron chi connectivity index (χ2n) is 11.9. The third-order valence-corrected chi connectivity index (χ3v) is 9.09. The lowest BCUT2D eigenvalue weighted by molar-refractivity contribution is -0.143. The first-order valence-corrected chi connectivity index (χ1v) is 15.3. The normalized spacial score (nSPS) is 20.6. The number of alkyl halides is 3. The van der Waals surface area contributed by atoms with Gasteiger partial charge in [-0.3, -0.25) is 4.79 Å². The van der Waals surface area contributed by atoms with Crippen LogP contribution in [0.1, 0.15) is 55.2 Å². The number of rotatable bonds is 8. The molecule has 0 radical (unpaired) electrons. The number of pyridine rings is 1. The Kier molecular flexibility index (Phi) is 8.55. The van der Waals surface area contributed by atoms with Gasteiger partial charge >= 0.3 is 12.1 Å². The second kappa shape index (κ2) is 12.4. The Bertz CT molecular complexity index is 1710. The first-order chi connectivity index (χ1) is 21.4. The quantitative estimate of drug-likeness (QED) is 0.213. The molecule has 0 amide bonds. The topological polar surface area (TPSA) is 100 Å². The number of aryl methyl sites for hydroxylation is 1. The van der Waals surface area contributed by atoms with Crippen molar-refractivity contribution in [3.05, 3.63) is 70.0 Å². The zero-order valence-corrected chi connectivity index (χ0v) is 25.3. The largest absolute Gasteiger partial charge is 0.481 e. The molecule has 6 rings (SSSR count). The Balaban J connectivity index is 1.38. The third kappa shape index (κ3) is 6.82. The lowest BCUT2D eigenvalue weighted by Gasteiger charge is -2.37. The number of halogens is 5. The number of hydrogen-bond acceptors (Lipinski definition) is 7. The number of carboxylic acids is 1. The van der Waals surface area contributed by atoms with Gasteiger partial charge in [-0.2, -0.15) is 18.0 Å². The summed E-state index contributed by atoms with van der Waals surface area (Å²) < 4.78 is 55.2. The SMILES string of the molecule is Cn1nnc(N(Cc2cc(Cl)cc(C(F)(F)F)c2)Cc2cc3ccc(F)cc3nc2N2CCC[C@@H]2C2CCC(C(=O)O)CC2)n1. The fraction of sp³-hybridized carbons (Fsp3) is 0.452. The van der Waals surface area contributed by atoms with Crippen molar-refractivity contribution in [2.24, 2.45) is 18.9 Å². The average molecular weight is 646 g/mol. The lowest BCUT2D eigenvalue weighted by atomic mass is 9.78. The van der Waals surface area contributed by atoms with Crippen molar-refractivity contribution in [1.29, 1.82) is 0 Å². The fourth-order valence-electron chi connectivity index (χ4n) is 6.76. The summed E-state index contributed by atoms with van der Waals surface area (Å²) >= 11 is 6.11. The van der Waals surface area contributed by atoms with Crippen LogP contribution >= 0.6 is 11.6 Å². The van der Waals surface area contributed by atoms with Gasteiger partial charge in [0, 0.05) is 47.7 Å². The van der Waals surface area contributed by atoms with E-state index in [1.165, 1.54) is 23.0 Å². The van der Waals surface area contributed by atoms with E-state index in [2.05, 4.69) is 20.3 Å². The van der Waals surface area contributed by atoms with Crippen molar-refractivity contribution in [3.63, 3.8) is 0 Å². The van der Waals surface area contributed by atoms with Gasteiger partial charge in [0.15, 0.2) is 0 Å². The average Bonchev–Trinajstić information content (AvgIpc) is 3.65. The summed E-state index contributed by atoms with van der Waals surface area (Å²) in [6.07, 6.45) is 0.100. The number of nitrogens with zero attached hydrogens (tertiary/aromatic N) is 7. The fourth-order valence-corrected chi connectivity index (χ4v) is 7.02. The molecular weight excluding hydrogens is 614 g/mol. The van der Waals surface area contributed by atoms with E-state index in [1.54, 1.807) is 18.0 Å². The number of carbonyl (C=O) groups is 1. The number of fused-ring (bicyclic) bond motifs is 1. The van der Waals surface area contributed by atoms with Gasteiger partial charge in [0.05, 0.1) is 24.0 Å². The van der Waals surface area contributed by atoms with Crippen molar-refractivity contribution in [2.45, 2.75) is 63.8 Å². The minimum Gasteiger partial charge on any atom is -0.481 e. The van der Waals surface area contributed by atoms with Gasteiger partial charge in [0.1, 0.15) is 11.6 Å². The molecule has 3 heterocycles. The molecule has 1 N–H and O–H groups in total. The molecule has 1 aliphatic carbocycles. The van der Waals surface area contributed by atoms with Crippen molar-refractivity contribution < 1.29 is 27.5 Å². The molecule has 238 valence electrons. The van der Waals surface area contributed by atoms with E-state index in [1.807, 2.05) is 6.07 Å². The predicted octanol–water partition coefficient (Wildman–Crippen LogP) is 6.64. The summed E-state index contributed by atoms with van der Waals surface area (Å²) in [5.41, 5.74) is 0.715. The summed E-state index contributed by atoms with van der Waals surface area (Å²) in [6, 6.07) is 9.87. The molecule has 0 spiro atoms. The van der Waals surface area contributed by atoms with E-state index >= 15 is 0 Å². The highest BCUT2D eigenvalue weighted by Gasteiger charge is 2.37. The Labute approximate surface area is 261 Å². The summed E-state index contributed by atoms with van der Waals surface area (Å²) in [5, 5.41) is 22.6. The first-order valence-electron chi connectivity index (χ1n) is 14.9. The van der Waals surface area contributed by atoms with Crippen molar-refractivity contribution in [1.82, 2.24) is 25.2 Å². The Morgan fingerprint density at radius 1 is 1.07 bits per heavy atom. The minimum atomic E-state index is -4.58. The molecule has 4 aromatic rings. The van der Waals surface area contributed by atoms with Crippen molar-refractivity contribution in [2.75, 3.05) is 16.3 Å². The smallest absolute Gasteiger partial charge is 0.416 e. The summed E-state index contributed by atoms with van der Waals surface area (Å²) in [7, 11) is 1.60. The number of anilines is 2. The molecule has 0 bridgehead atoms. The summed E-state index contributed by atoms with van der Waals surface area (Å²) in [5.74, 6) is -0.340. The van der Waals surface area contributed by atoms with E-state index in [9.17, 15) is 27.5 Å². The standard InChI is InChI=1S/C31H32ClF4N7O2/c1-41-39-30(38-40-41)42(16-18-11-23(31(34,35)36)14-24(32)12-18)17-22-13-21-8-9-25(33)15-26(21)37-28(22)43-10-2-3-27(43)19-4-6-20(7-5-19)29(44)45/h8-9,11-15,19-20,27H,2-7,10,16-17H2,1H3,(H,44,45)/t19?,20?,27-/m1/s1. The van der Waals surface area contributed by atoms with Crippen LogP contribution in [0.15, 0.2) is 42.5 Å². The van der Waals surface area contributed by atoms with E-state index in [4.69, 9.17) is 16.6 Å². The highest BCUT2D eigenvalue weighted by molar-refractivity contribution is 6.30. The van der Waals surface area contributed by atoms with Crippen LogP contribution in [0.25, 0.3) is 10.9 Å². The molecular formula is C31H32ClF4N7O2. The number of carboxylic acid groups (broad SMARTS) is 1. The van der Waals surface area contributed by atoms with Crippen LogP contribution in [0.2, 0.25) is 5.02 Å². The molecule has 1 aliphatic heterocycles. The van der Waals surface area contributed by atoms with Crippen LogP contribution in [0, 0.1) is 17.7 Å². The maximum Gasteiger partial charge on any atom is 0.416 e. The van der Waals surface area contributed by atoms with Crippen LogP contribution in [-0.2, 0) is 31.1 Å².